The number of ether oxygens (including phenoxy) is 2. The van der Waals surface area contributed by atoms with Crippen molar-refractivity contribution in [1.29, 1.82) is 0 Å². The van der Waals surface area contributed by atoms with Gasteiger partial charge in [0.05, 0.1) is 13.2 Å². The molecule has 0 saturated carbocycles. The first-order valence-corrected chi connectivity index (χ1v) is 8.45. The Morgan fingerprint density at radius 3 is 2.62 bits per heavy atom. The summed E-state index contributed by atoms with van der Waals surface area (Å²) in [7, 11) is 0. The lowest BCUT2D eigenvalue weighted by Crippen LogP contribution is -2.13. The normalized spacial score (nSPS) is 13.1. The number of aromatic nitrogens is 1. The second-order valence-corrected chi connectivity index (χ2v) is 5.99. The Morgan fingerprint density at radius 2 is 1.81 bits per heavy atom. The molecule has 1 aromatic heterocycles. The molecule has 6 nitrogen and oxygen atoms in total. The van der Waals surface area contributed by atoms with Crippen molar-refractivity contribution in [3.63, 3.8) is 0 Å². The van der Waals surface area contributed by atoms with Gasteiger partial charge in [-0.15, -0.1) is 0 Å². The monoisotopic (exact) mass is 350 g/mol. The largest absolute Gasteiger partial charge is 0.490 e. The van der Waals surface area contributed by atoms with Crippen LogP contribution in [-0.4, -0.2) is 24.3 Å². The number of hydrogen-bond acceptors (Lipinski definition) is 5. The first-order chi connectivity index (χ1) is 12.7. The van der Waals surface area contributed by atoms with E-state index >= 15 is 0 Å². The molecule has 1 aliphatic heterocycles. The number of nitrogens with one attached hydrogen (secondary N) is 1. The second kappa shape index (κ2) is 6.92. The highest BCUT2D eigenvalue weighted by molar-refractivity contribution is 6.08. The van der Waals surface area contributed by atoms with Gasteiger partial charge in [-0.3, -0.25) is 4.79 Å². The van der Waals surface area contributed by atoms with Gasteiger partial charge in [0, 0.05) is 23.7 Å². The molecule has 0 spiro atoms. The Labute approximate surface area is 150 Å². The van der Waals surface area contributed by atoms with Crippen LogP contribution in [0.3, 0.4) is 0 Å². The number of rotatable bonds is 3. The van der Waals surface area contributed by atoms with Crippen molar-refractivity contribution in [1.82, 2.24) is 5.16 Å². The zero-order chi connectivity index (χ0) is 17.9. The summed E-state index contributed by atoms with van der Waals surface area (Å²) in [5.41, 5.74) is 2.39. The van der Waals surface area contributed by atoms with Gasteiger partial charge in [0.2, 0.25) is 0 Å². The third-order valence-corrected chi connectivity index (χ3v) is 4.14. The maximum atomic E-state index is 12.8. The third kappa shape index (κ3) is 3.13. The molecule has 6 heteroatoms. The smallest absolute Gasteiger partial charge is 0.261 e. The van der Waals surface area contributed by atoms with Crippen LogP contribution in [0.25, 0.3) is 11.3 Å². The van der Waals surface area contributed by atoms with Gasteiger partial charge in [0.1, 0.15) is 17.0 Å². The molecule has 1 aliphatic rings. The molecule has 2 aromatic carbocycles. The molecule has 0 bridgehead atoms. The van der Waals surface area contributed by atoms with Gasteiger partial charge in [-0.25, -0.2) is 0 Å². The van der Waals surface area contributed by atoms with Crippen molar-refractivity contribution >= 4 is 11.6 Å². The van der Waals surface area contributed by atoms with Crippen LogP contribution in [-0.2, 0) is 0 Å². The summed E-state index contributed by atoms with van der Waals surface area (Å²) in [6.45, 7) is 2.94. The Hall–Kier alpha value is -3.28. The van der Waals surface area contributed by atoms with Crippen molar-refractivity contribution in [3.8, 4) is 22.8 Å². The number of amides is 1. The van der Waals surface area contributed by atoms with Gasteiger partial charge in [-0.05, 0) is 19.1 Å². The topological polar surface area (TPSA) is 73.6 Å². The molecule has 0 saturated heterocycles. The molecule has 0 unspecified atom stereocenters. The number of benzene rings is 2. The molecule has 0 atom stereocenters. The summed E-state index contributed by atoms with van der Waals surface area (Å²) in [6.07, 6.45) is 0.830. The summed E-state index contributed by atoms with van der Waals surface area (Å²) in [5, 5.41) is 6.94. The summed E-state index contributed by atoms with van der Waals surface area (Å²) < 4.78 is 16.5. The quantitative estimate of drug-likeness (QED) is 0.771. The van der Waals surface area contributed by atoms with Gasteiger partial charge in [0.25, 0.3) is 5.91 Å². The van der Waals surface area contributed by atoms with E-state index in [9.17, 15) is 4.79 Å². The van der Waals surface area contributed by atoms with Crippen LogP contribution in [0.4, 0.5) is 5.69 Å². The van der Waals surface area contributed by atoms with E-state index in [2.05, 4.69) is 10.5 Å². The molecule has 2 heterocycles. The van der Waals surface area contributed by atoms with Crippen LogP contribution in [0, 0.1) is 6.92 Å². The van der Waals surface area contributed by atoms with Crippen molar-refractivity contribution in [2.24, 2.45) is 0 Å². The van der Waals surface area contributed by atoms with E-state index in [-0.39, 0.29) is 5.91 Å². The minimum Gasteiger partial charge on any atom is -0.490 e. The first-order valence-electron chi connectivity index (χ1n) is 8.45. The zero-order valence-electron chi connectivity index (χ0n) is 14.3. The fraction of sp³-hybridized carbons (Fsp3) is 0.200. The molecule has 132 valence electrons. The minimum atomic E-state index is -0.280. The molecule has 3 aromatic rings. The Kier molecular flexibility index (Phi) is 4.31. The zero-order valence-corrected chi connectivity index (χ0v) is 14.3. The van der Waals surface area contributed by atoms with Crippen LogP contribution in [0.1, 0.15) is 22.5 Å². The number of anilines is 1. The number of carbonyl (C=O) groups excluding carboxylic acids is 1. The van der Waals surface area contributed by atoms with Crippen molar-refractivity contribution in [2.45, 2.75) is 13.3 Å². The summed E-state index contributed by atoms with van der Waals surface area (Å²) in [5.74, 6) is 1.50. The average molecular weight is 350 g/mol. The maximum Gasteiger partial charge on any atom is 0.261 e. The first kappa shape index (κ1) is 16.2. The van der Waals surface area contributed by atoms with Crippen LogP contribution in [0.15, 0.2) is 53.1 Å². The minimum absolute atomic E-state index is 0.280. The van der Waals surface area contributed by atoms with Gasteiger partial charge < -0.3 is 19.3 Å². The predicted molar refractivity (Wildman–Crippen MR) is 96.7 cm³/mol. The van der Waals surface area contributed by atoms with E-state index in [0.29, 0.717) is 47.4 Å². The highest BCUT2D eigenvalue weighted by Gasteiger charge is 2.22. The Balaban J connectivity index is 1.62. The molecule has 1 N–H and O–H groups in total. The van der Waals surface area contributed by atoms with Gasteiger partial charge in [0.15, 0.2) is 11.5 Å². The molecule has 0 fully saturated rings. The van der Waals surface area contributed by atoms with E-state index in [1.54, 1.807) is 25.1 Å². The van der Waals surface area contributed by atoms with Crippen LogP contribution in [0.2, 0.25) is 0 Å². The highest BCUT2D eigenvalue weighted by atomic mass is 16.5. The number of nitrogens with zero attached hydrogens (tertiary/aromatic N) is 1. The van der Waals surface area contributed by atoms with Gasteiger partial charge >= 0.3 is 0 Å². The number of hydrogen-bond donors (Lipinski definition) is 1. The molecular formula is C20H18N2O4. The van der Waals surface area contributed by atoms with Crippen LogP contribution >= 0.6 is 0 Å². The molecule has 0 radical (unpaired) electrons. The SMILES string of the molecule is Cc1onc(-c2ccccc2)c1C(=O)Nc1ccc2c(c1)OCCCO2. The summed E-state index contributed by atoms with van der Waals surface area (Å²) >= 11 is 0. The van der Waals surface area contributed by atoms with E-state index in [1.165, 1.54) is 0 Å². The van der Waals surface area contributed by atoms with Crippen molar-refractivity contribution in [3.05, 3.63) is 59.9 Å². The summed E-state index contributed by atoms with van der Waals surface area (Å²) in [6, 6.07) is 14.8. The number of aryl methyl sites for hydroxylation is 1. The van der Waals surface area contributed by atoms with E-state index in [4.69, 9.17) is 14.0 Å². The van der Waals surface area contributed by atoms with Gasteiger partial charge in [-0.2, -0.15) is 0 Å². The molecule has 1 amide bonds. The fourth-order valence-corrected chi connectivity index (χ4v) is 2.87. The number of carbonyl (C=O) groups is 1. The van der Waals surface area contributed by atoms with Crippen molar-refractivity contribution < 1.29 is 18.8 Å². The standard InChI is InChI=1S/C20H18N2O4/c1-13-18(19(22-26-13)14-6-3-2-4-7-14)20(23)21-15-8-9-16-17(12-15)25-11-5-10-24-16/h2-4,6-9,12H,5,10-11H2,1H3,(H,21,23). The maximum absolute atomic E-state index is 12.8. The molecule has 26 heavy (non-hydrogen) atoms. The molecular weight excluding hydrogens is 332 g/mol. The lowest BCUT2D eigenvalue weighted by molar-refractivity contribution is 0.102. The summed E-state index contributed by atoms with van der Waals surface area (Å²) in [4.78, 5) is 12.8. The second-order valence-electron chi connectivity index (χ2n) is 5.99. The lowest BCUT2D eigenvalue weighted by Gasteiger charge is -2.10. The molecule has 0 aliphatic carbocycles. The average Bonchev–Trinajstić information content (AvgIpc) is 2.90. The molecule has 4 rings (SSSR count). The van der Waals surface area contributed by atoms with Crippen LogP contribution in [0.5, 0.6) is 11.5 Å². The van der Waals surface area contributed by atoms with E-state index in [1.807, 2.05) is 30.3 Å². The number of fused-ring (bicyclic) bond motifs is 1. The fourth-order valence-electron chi connectivity index (χ4n) is 2.87. The van der Waals surface area contributed by atoms with Crippen molar-refractivity contribution in [2.75, 3.05) is 18.5 Å². The van der Waals surface area contributed by atoms with Gasteiger partial charge in [-0.1, -0.05) is 35.5 Å². The third-order valence-electron chi connectivity index (χ3n) is 4.14. The van der Waals surface area contributed by atoms with E-state index in [0.717, 1.165) is 12.0 Å². The van der Waals surface area contributed by atoms with E-state index < -0.39 is 0 Å². The van der Waals surface area contributed by atoms with Crippen LogP contribution < -0.4 is 14.8 Å². The lowest BCUT2D eigenvalue weighted by atomic mass is 10.1. The Bertz CT molecular complexity index is 934. The Morgan fingerprint density at radius 1 is 1.04 bits per heavy atom. The predicted octanol–water partition coefficient (Wildman–Crippen LogP) is 4.06. The highest BCUT2D eigenvalue weighted by Crippen LogP contribution is 2.33.